The van der Waals surface area contributed by atoms with Crippen LogP contribution < -0.4 is 11.1 Å². The third-order valence-corrected chi connectivity index (χ3v) is 2.45. The van der Waals surface area contributed by atoms with Gasteiger partial charge in [-0.15, -0.1) is 0 Å². The lowest BCUT2D eigenvalue weighted by Gasteiger charge is -2.14. The van der Waals surface area contributed by atoms with Crippen LogP contribution in [0.5, 0.6) is 0 Å². The Labute approximate surface area is 102 Å². The van der Waals surface area contributed by atoms with Gasteiger partial charge < -0.3 is 15.8 Å². The maximum absolute atomic E-state index is 11.5. The summed E-state index contributed by atoms with van der Waals surface area (Å²) >= 11 is 0. The summed E-state index contributed by atoms with van der Waals surface area (Å²) in [7, 11) is 0. The van der Waals surface area contributed by atoms with Gasteiger partial charge in [-0.2, -0.15) is 0 Å². The highest BCUT2D eigenvalue weighted by Crippen LogP contribution is 2.12. The maximum Gasteiger partial charge on any atom is 0.246 e. The fraction of sp³-hybridized carbons (Fsp3) is 0.462. The number of carbonyl (C=O) groups excluding carboxylic acids is 1. The molecule has 1 aromatic carbocycles. The molecule has 1 rings (SSSR count). The van der Waals surface area contributed by atoms with Gasteiger partial charge in [-0.1, -0.05) is 29.8 Å². The predicted octanol–water partition coefficient (Wildman–Crippen LogP) is 1.15. The molecule has 0 aliphatic rings. The monoisotopic (exact) mass is 236 g/mol. The normalized spacial score (nSPS) is 12.2. The summed E-state index contributed by atoms with van der Waals surface area (Å²) in [5.41, 5.74) is 7.56. The quantitative estimate of drug-likeness (QED) is 0.728. The van der Waals surface area contributed by atoms with Crippen LogP contribution in [0.25, 0.3) is 0 Å². The van der Waals surface area contributed by atoms with E-state index < -0.39 is 0 Å². The third-order valence-electron chi connectivity index (χ3n) is 2.45. The highest BCUT2D eigenvalue weighted by atomic mass is 16.5. The van der Waals surface area contributed by atoms with Crippen LogP contribution >= 0.6 is 0 Å². The number of hydrogen-bond donors (Lipinski definition) is 2. The van der Waals surface area contributed by atoms with E-state index in [1.54, 1.807) is 0 Å². The van der Waals surface area contributed by atoms with E-state index in [1.165, 1.54) is 5.56 Å². The molecule has 0 radical (unpaired) electrons. The molecule has 0 bridgehead atoms. The maximum atomic E-state index is 11.5. The highest BCUT2D eigenvalue weighted by Gasteiger charge is 2.08. The lowest BCUT2D eigenvalue weighted by molar-refractivity contribution is -0.126. The average molecular weight is 236 g/mol. The van der Waals surface area contributed by atoms with E-state index in [9.17, 15) is 4.79 Å². The number of aryl methyl sites for hydroxylation is 1. The SMILES string of the molecule is Cc1ccc([C@@H](C)NC(=O)COCCN)cc1. The smallest absolute Gasteiger partial charge is 0.246 e. The molecule has 0 heterocycles. The van der Waals surface area contributed by atoms with Crippen LogP contribution in [0.1, 0.15) is 24.1 Å². The Balaban J connectivity index is 2.40. The van der Waals surface area contributed by atoms with Crippen LogP contribution in [0.15, 0.2) is 24.3 Å². The summed E-state index contributed by atoms with van der Waals surface area (Å²) in [5.74, 6) is -0.119. The van der Waals surface area contributed by atoms with Crippen molar-refractivity contribution in [1.82, 2.24) is 5.32 Å². The summed E-state index contributed by atoms with van der Waals surface area (Å²) in [4.78, 5) is 11.5. The summed E-state index contributed by atoms with van der Waals surface area (Å²) in [6.45, 7) is 4.89. The molecule has 1 amide bonds. The molecule has 17 heavy (non-hydrogen) atoms. The van der Waals surface area contributed by atoms with Gasteiger partial charge in [0, 0.05) is 6.54 Å². The van der Waals surface area contributed by atoms with Crippen molar-refractivity contribution in [3.05, 3.63) is 35.4 Å². The molecule has 4 nitrogen and oxygen atoms in total. The van der Waals surface area contributed by atoms with E-state index in [1.807, 2.05) is 38.1 Å². The molecule has 0 aliphatic carbocycles. The molecular weight excluding hydrogens is 216 g/mol. The molecule has 4 heteroatoms. The molecule has 0 spiro atoms. The summed E-state index contributed by atoms with van der Waals surface area (Å²) in [6.07, 6.45) is 0. The standard InChI is InChI=1S/C13H20N2O2/c1-10-3-5-12(6-4-10)11(2)15-13(16)9-17-8-7-14/h3-6,11H,7-9,14H2,1-2H3,(H,15,16)/t11-/m1/s1. The molecule has 0 aromatic heterocycles. The van der Waals surface area contributed by atoms with Crippen molar-refractivity contribution in [1.29, 1.82) is 0 Å². The zero-order valence-corrected chi connectivity index (χ0v) is 10.4. The number of rotatable bonds is 6. The second kappa shape index (κ2) is 7.04. The van der Waals surface area contributed by atoms with Crippen molar-refractivity contribution in [2.24, 2.45) is 5.73 Å². The van der Waals surface area contributed by atoms with Gasteiger partial charge in [-0.25, -0.2) is 0 Å². The number of carbonyl (C=O) groups is 1. The number of nitrogens with one attached hydrogen (secondary N) is 1. The van der Waals surface area contributed by atoms with E-state index >= 15 is 0 Å². The van der Waals surface area contributed by atoms with Crippen LogP contribution in [-0.4, -0.2) is 25.7 Å². The van der Waals surface area contributed by atoms with Crippen molar-refractivity contribution >= 4 is 5.91 Å². The van der Waals surface area contributed by atoms with Crippen LogP contribution in [0, 0.1) is 6.92 Å². The topological polar surface area (TPSA) is 64.3 Å². The van der Waals surface area contributed by atoms with Crippen LogP contribution in [-0.2, 0) is 9.53 Å². The Kier molecular flexibility index (Phi) is 5.66. The largest absolute Gasteiger partial charge is 0.370 e. The molecule has 0 saturated heterocycles. The first-order valence-electron chi connectivity index (χ1n) is 5.77. The van der Waals surface area contributed by atoms with Crippen molar-refractivity contribution < 1.29 is 9.53 Å². The zero-order chi connectivity index (χ0) is 12.7. The molecule has 0 fully saturated rings. The summed E-state index contributed by atoms with van der Waals surface area (Å²) in [6, 6.07) is 8.08. The number of amides is 1. The molecule has 0 aliphatic heterocycles. The lowest BCUT2D eigenvalue weighted by Crippen LogP contribution is -2.30. The Bertz CT molecular complexity index is 349. The summed E-state index contributed by atoms with van der Waals surface area (Å²) in [5, 5.41) is 2.87. The Hall–Kier alpha value is -1.39. The van der Waals surface area contributed by atoms with Crippen LogP contribution in [0.4, 0.5) is 0 Å². The van der Waals surface area contributed by atoms with Crippen LogP contribution in [0.2, 0.25) is 0 Å². The van der Waals surface area contributed by atoms with E-state index in [2.05, 4.69) is 5.32 Å². The Morgan fingerprint density at radius 3 is 2.65 bits per heavy atom. The van der Waals surface area contributed by atoms with E-state index in [-0.39, 0.29) is 18.6 Å². The van der Waals surface area contributed by atoms with Crippen molar-refractivity contribution in [2.75, 3.05) is 19.8 Å². The first-order valence-corrected chi connectivity index (χ1v) is 5.77. The molecule has 1 atom stereocenters. The van der Waals surface area contributed by atoms with Gasteiger partial charge in [-0.3, -0.25) is 4.79 Å². The molecule has 94 valence electrons. The minimum atomic E-state index is -0.119. The first-order chi connectivity index (χ1) is 8.13. The van der Waals surface area contributed by atoms with E-state index in [0.717, 1.165) is 5.56 Å². The van der Waals surface area contributed by atoms with Gasteiger partial charge in [0.05, 0.1) is 12.6 Å². The van der Waals surface area contributed by atoms with Gasteiger partial charge in [0.2, 0.25) is 5.91 Å². The Morgan fingerprint density at radius 1 is 1.41 bits per heavy atom. The number of hydrogen-bond acceptors (Lipinski definition) is 3. The fourth-order valence-electron chi connectivity index (χ4n) is 1.47. The molecular formula is C13H20N2O2. The lowest BCUT2D eigenvalue weighted by atomic mass is 10.1. The fourth-order valence-corrected chi connectivity index (χ4v) is 1.47. The third kappa shape index (κ3) is 4.97. The summed E-state index contributed by atoms with van der Waals surface area (Å²) < 4.78 is 5.06. The molecule has 0 unspecified atom stereocenters. The van der Waals surface area contributed by atoms with Gasteiger partial charge >= 0.3 is 0 Å². The van der Waals surface area contributed by atoms with Gasteiger partial charge in [0.1, 0.15) is 6.61 Å². The highest BCUT2D eigenvalue weighted by molar-refractivity contribution is 5.77. The van der Waals surface area contributed by atoms with Gasteiger partial charge in [0.25, 0.3) is 0 Å². The molecule has 3 N–H and O–H groups in total. The number of benzene rings is 1. The van der Waals surface area contributed by atoms with E-state index in [0.29, 0.717) is 13.2 Å². The zero-order valence-electron chi connectivity index (χ0n) is 10.4. The minimum absolute atomic E-state index is 0.00965. The predicted molar refractivity (Wildman–Crippen MR) is 67.6 cm³/mol. The number of nitrogens with two attached hydrogens (primary N) is 1. The van der Waals surface area contributed by atoms with Crippen molar-refractivity contribution in [3.63, 3.8) is 0 Å². The van der Waals surface area contributed by atoms with Crippen LogP contribution in [0.3, 0.4) is 0 Å². The van der Waals surface area contributed by atoms with Crippen molar-refractivity contribution in [3.8, 4) is 0 Å². The number of ether oxygens (including phenoxy) is 1. The van der Waals surface area contributed by atoms with Crippen molar-refractivity contribution in [2.45, 2.75) is 19.9 Å². The Morgan fingerprint density at radius 2 is 2.06 bits per heavy atom. The minimum Gasteiger partial charge on any atom is -0.370 e. The van der Waals surface area contributed by atoms with Gasteiger partial charge in [-0.05, 0) is 19.4 Å². The second-order valence-electron chi connectivity index (χ2n) is 4.04. The molecule has 0 saturated carbocycles. The van der Waals surface area contributed by atoms with Gasteiger partial charge in [0.15, 0.2) is 0 Å². The molecule has 1 aromatic rings. The first kappa shape index (κ1) is 13.7. The van der Waals surface area contributed by atoms with E-state index in [4.69, 9.17) is 10.5 Å². The second-order valence-corrected chi connectivity index (χ2v) is 4.04. The average Bonchev–Trinajstić information content (AvgIpc) is 2.30.